The van der Waals surface area contributed by atoms with Gasteiger partial charge in [0, 0.05) is 19.8 Å². The minimum Gasteiger partial charge on any atom is -0.366 e. The first-order valence-corrected chi connectivity index (χ1v) is 6.59. The zero-order valence-electron chi connectivity index (χ0n) is 11.5. The summed E-state index contributed by atoms with van der Waals surface area (Å²) >= 11 is 3.22. The van der Waals surface area contributed by atoms with E-state index in [4.69, 9.17) is 0 Å². The number of carbonyl (C=O) groups is 1. The summed E-state index contributed by atoms with van der Waals surface area (Å²) in [7, 11) is 3.90. The maximum Gasteiger partial charge on any atom is 0.237 e. The van der Waals surface area contributed by atoms with Gasteiger partial charge in [0.15, 0.2) is 0 Å². The second kappa shape index (κ2) is 8.17. The van der Waals surface area contributed by atoms with Gasteiger partial charge in [-0.15, -0.1) is 12.4 Å². The Hall–Kier alpha value is -1.07. The van der Waals surface area contributed by atoms with Crippen molar-refractivity contribution in [3.63, 3.8) is 0 Å². The van der Waals surface area contributed by atoms with E-state index >= 15 is 0 Å². The Kier molecular flexibility index (Phi) is 7.71. The Bertz CT molecular complexity index is 444. The Morgan fingerprint density at radius 1 is 1.32 bits per heavy atom. The summed E-state index contributed by atoms with van der Waals surface area (Å²) in [4.78, 5) is 17.7. The second-order valence-electron chi connectivity index (χ2n) is 4.21. The van der Waals surface area contributed by atoms with Gasteiger partial charge in [0.25, 0.3) is 0 Å². The summed E-state index contributed by atoms with van der Waals surface area (Å²) in [5, 5.41) is 2.80. The third-order valence-electron chi connectivity index (χ3n) is 2.43. The van der Waals surface area contributed by atoms with Crippen molar-refractivity contribution < 1.29 is 4.79 Å². The Balaban J connectivity index is 0.00000324. The molecule has 1 rings (SSSR count). The van der Waals surface area contributed by atoms with Crippen LogP contribution in [0.25, 0.3) is 0 Å². The van der Waals surface area contributed by atoms with E-state index < -0.39 is 0 Å². The summed E-state index contributed by atoms with van der Waals surface area (Å²) < 4.78 is 0. The van der Waals surface area contributed by atoms with Crippen molar-refractivity contribution in [2.45, 2.75) is 18.7 Å². The fraction of sp³-hybridized carbons (Fsp3) is 0.385. The van der Waals surface area contributed by atoms with Crippen LogP contribution in [0.5, 0.6) is 0 Å². The fourth-order valence-electron chi connectivity index (χ4n) is 1.15. The molecule has 1 unspecified atom stereocenters. The SMILES string of the molecule is C/C(=N\c1ccc(NC(=O)C(C)Br)cc1)N(C)C.Cl. The molecule has 4 nitrogen and oxygen atoms in total. The van der Waals surface area contributed by atoms with E-state index in [-0.39, 0.29) is 23.1 Å². The van der Waals surface area contributed by atoms with E-state index in [9.17, 15) is 4.79 Å². The minimum atomic E-state index is -0.203. The standard InChI is InChI=1S/C13H18BrN3O.ClH/c1-9(14)13(18)16-12-7-5-11(6-8-12)15-10(2)17(3)4;/h5-9H,1-4H3,(H,16,18);1H/b15-10+;. The number of amides is 1. The number of alkyl halides is 1. The molecule has 1 aromatic rings. The zero-order valence-corrected chi connectivity index (χ0v) is 13.9. The van der Waals surface area contributed by atoms with Crippen molar-refractivity contribution in [1.29, 1.82) is 0 Å². The number of rotatable bonds is 3. The van der Waals surface area contributed by atoms with Gasteiger partial charge in [-0.05, 0) is 38.1 Å². The van der Waals surface area contributed by atoms with Gasteiger partial charge in [-0.25, -0.2) is 4.99 Å². The second-order valence-corrected chi connectivity index (χ2v) is 5.58. The molecule has 0 aliphatic carbocycles. The molecule has 0 aromatic heterocycles. The van der Waals surface area contributed by atoms with Gasteiger partial charge < -0.3 is 10.2 Å². The summed E-state index contributed by atoms with van der Waals surface area (Å²) in [6.07, 6.45) is 0. The number of benzene rings is 1. The van der Waals surface area contributed by atoms with Crippen LogP contribution >= 0.6 is 28.3 Å². The molecule has 1 aromatic carbocycles. The van der Waals surface area contributed by atoms with Crippen molar-refractivity contribution in [2.24, 2.45) is 4.99 Å². The summed E-state index contributed by atoms with van der Waals surface area (Å²) in [6.45, 7) is 3.73. The normalized spacial score (nSPS) is 12.4. The monoisotopic (exact) mass is 347 g/mol. The molecule has 0 spiro atoms. The van der Waals surface area contributed by atoms with Crippen molar-refractivity contribution in [1.82, 2.24) is 4.90 Å². The average molecular weight is 349 g/mol. The van der Waals surface area contributed by atoms with Gasteiger partial charge in [-0.1, -0.05) is 15.9 Å². The number of halogens is 2. The molecule has 19 heavy (non-hydrogen) atoms. The van der Waals surface area contributed by atoms with Crippen LogP contribution in [-0.2, 0) is 4.79 Å². The lowest BCUT2D eigenvalue weighted by atomic mass is 10.2. The highest BCUT2D eigenvalue weighted by Gasteiger charge is 2.08. The molecule has 106 valence electrons. The first-order valence-electron chi connectivity index (χ1n) is 5.67. The van der Waals surface area contributed by atoms with E-state index in [0.29, 0.717) is 0 Å². The highest BCUT2D eigenvalue weighted by atomic mass is 79.9. The van der Waals surface area contributed by atoms with Crippen LogP contribution in [0.15, 0.2) is 29.3 Å². The van der Waals surface area contributed by atoms with Crippen LogP contribution in [0.3, 0.4) is 0 Å². The molecular formula is C13H19BrClN3O. The van der Waals surface area contributed by atoms with E-state index in [1.54, 1.807) is 6.92 Å². The van der Waals surface area contributed by atoms with Crippen LogP contribution in [-0.4, -0.2) is 35.6 Å². The highest BCUT2D eigenvalue weighted by Crippen LogP contribution is 2.17. The van der Waals surface area contributed by atoms with Crippen molar-refractivity contribution >= 4 is 51.5 Å². The largest absolute Gasteiger partial charge is 0.366 e. The average Bonchev–Trinajstić information content (AvgIpc) is 2.31. The molecule has 0 aliphatic rings. The lowest BCUT2D eigenvalue weighted by Crippen LogP contribution is -2.19. The molecule has 0 aliphatic heterocycles. The number of amidine groups is 1. The van der Waals surface area contributed by atoms with Gasteiger partial charge in [-0.2, -0.15) is 0 Å². The van der Waals surface area contributed by atoms with Gasteiger partial charge >= 0.3 is 0 Å². The van der Waals surface area contributed by atoms with Gasteiger partial charge in [0.1, 0.15) is 5.84 Å². The lowest BCUT2D eigenvalue weighted by molar-refractivity contribution is -0.115. The first kappa shape index (κ1) is 17.9. The molecule has 0 bridgehead atoms. The molecule has 1 amide bonds. The number of nitrogens with one attached hydrogen (secondary N) is 1. The van der Waals surface area contributed by atoms with Crippen molar-refractivity contribution in [3.8, 4) is 0 Å². The van der Waals surface area contributed by atoms with E-state index in [1.807, 2.05) is 50.2 Å². The van der Waals surface area contributed by atoms with E-state index in [0.717, 1.165) is 17.2 Å². The molecule has 1 atom stereocenters. The maximum atomic E-state index is 11.5. The lowest BCUT2D eigenvalue weighted by Gasteiger charge is -2.11. The number of hydrogen-bond acceptors (Lipinski definition) is 2. The third-order valence-corrected chi connectivity index (χ3v) is 2.85. The Morgan fingerprint density at radius 3 is 2.26 bits per heavy atom. The van der Waals surface area contributed by atoms with Crippen LogP contribution in [0.1, 0.15) is 13.8 Å². The molecule has 0 saturated carbocycles. The summed E-state index contributed by atoms with van der Waals surface area (Å²) in [5.74, 6) is 0.872. The molecule has 0 fully saturated rings. The number of aliphatic imine (C=N–C) groups is 1. The van der Waals surface area contributed by atoms with Gasteiger partial charge in [-0.3, -0.25) is 4.79 Å². The maximum absolute atomic E-state index is 11.5. The van der Waals surface area contributed by atoms with E-state index in [2.05, 4.69) is 26.2 Å². The summed E-state index contributed by atoms with van der Waals surface area (Å²) in [5.41, 5.74) is 1.64. The van der Waals surface area contributed by atoms with Gasteiger partial charge in [0.05, 0.1) is 10.5 Å². The topological polar surface area (TPSA) is 44.7 Å². The molecule has 1 N–H and O–H groups in total. The van der Waals surface area contributed by atoms with Gasteiger partial charge in [0.2, 0.25) is 5.91 Å². The van der Waals surface area contributed by atoms with Crippen LogP contribution in [0.4, 0.5) is 11.4 Å². The fourth-order valence-corrected chi connectivity index (χ4v) is 1.26. The van der Waals surface area contributed by atoms with Crippen molar-refractivity contribution in [3.05, 3.63) is 24.3 Å². The predicted molar refractivity (Wildman–Crippen MR) is 87.2 cm³/mol. The van der Waals surface area contributed by atoms with E-state index in [1.165, 1.54) is 0 Å². The predicted octanol–water partition coefficient (Wildman–Crippen LogP) is 3.44. The third kappa shape index (κ3) is 6.07. The molecule has 6 heteroatoms. The Morgan fingerprint density at radius 2 is 1.84 bits per heavy atom. The van der Waals surface area contributed by atoms with Crippen LogP contribution < -0.4 is 5.32 Å². The number of nitrogens with zero attached hydrogens (tertiary/aromatic N) is 2. The van der Waals surface area contributed by atoms with Crippen LogP contribution in [0, 0.1) is 0 Å². The first-order chi connectivity index (χ1) is 8.40. The highest BCUT2D eigenvalue weighted by molar-refractivity contribution is 9.10. The zero-order chi connectivity index (χ0) is 13.7. The molecule has 0 radical (unpaired) electrons. The number of hydrogen-bond donors (Lipinski definition) is 1. The quantitative estimate of drug-likeness (QED) is 0.516. The van der Waals surface area contributed by atoms with Crippen LogP contribution in [0.2, 0.25) is 0 Å². The Labute approximate surface area is 128 Å². The summed E-state index contributed by atoms with van der Waals surface area (Å²) in [6, 6.07) is 7.44. The molecule has 0 heterocycles. The molecular weight excluding hydrogens is 330 g/mol. The van der Waals surface area contributed by atoms with Crippen molar-refractivity contribution in [2.75, 3.05) is 19.4 Å². The number of carbonyl (C=O) groups excluding carboxylic acids is 1. The molecule has 0 saturated heterocycles. The minimum absolute atomic E-state index is 0. The number of anilines is 1. The smallest absolute Gasteiger partial charge is 0.237 e.